The van der Waals surface area contributed by atoms with E-state index in [0.29, 0.717) is 0 Å². The minimum absolute atomic E-state index is 1.13. The summed E-state index contributed by atoms with van der Waals surface area (Å²) in [5.41, 5.74) is 0. The first-order chi connectivity index (χ1) is 10.9. The highest BCUT2D eigenvalue weighted by atomic mass is 14.8. The molecule has 131 valence electrons. The van der Waals surface area contributed by atoms with Gasteiger partial charge in [0.15, 0.2) is 0 Å². The summed E-state index contributed by atoms with van der Waals surface area (Å²) in [5.74, 6) is 0. The first-order valence-corrected chi connectivity index (χ1v) is 10.1. The van der Waals surface area contributed by atoms with E-state index in [-0.39, 0.29) is 0 Å². The molecule has 22 heavy (non-hydrogen) atoms. The average Bonchev–Trinajstić information content (AvgIpc) is 2.54. The van der Waals surface area contributed by atoms with E-state index in [1.165, 1.54) is 89.9 Å². The molecule has 1 nitrogen and oxygen atoms in total. The van der Waals surface area contributed by atoms with Crippen molar-refractivity contribution >= 4 is 0 Å². The maximum Gasteiger partial charge on any atom is 0.0218 e. The van der Waals surface area contributed by atoms with Crippen LogP contribution >= 0.6 is 0 Å². The molecule has 0 aliphatic rings. The van der Waals surface area contributed by atoms with E-state index in [1.54, 1.807) is 0 Å². The molecule has 0 bridgehead atoms. The van der Waals surface area contributed by atoms with Crippen molar-refractivity contribution in [3.05, 3.63) is 18.7 Å². The van der Waals surface area contributed by atoms with Gasteiger partial charge in [0, 0.05) is 6.54 Å². The highest BCUT2D eigenvalue weighted by Gasteiger charge is 1.91. The van der Waals surface area contributed by atoms with Crippen LogP contribution in [-0.2, 0) is 0 Å². The highest BCUT2D eigenvalue weighted by molar-refractivity contribution is 4.81. The Labute approximate surface area is 141 Å². The second-order valence-corrected chi connectivity index (χ2v) is 6.50. The average molecular weight is 309 g/mol. The maximum absolute atomic E-state index is 3.35. The second-order valence-electron chi connectivity index (χ2n) is 6.50. The third kappa shape index (κ3) is 19.7. The molecule has 0 spiro atoms. The van der Waals surface area contributed by atoms with Crippen LogP contribution in [-0.4, -0.2) is 6.54 Å². The minimum Gasteiger partial charge on any atom is -0.312 e. The fraction of sp³-hybridized carbons (Fsp3) is 0.857. The molecule has 0 unspecified atom stereocenters. The van der Waals surface area contributed by atoms with Crippen LogP contribution in [0.4, 0.5) is 0 Å². The van der Waals surface area contributed by atoms with Gasteiger partial charge in [-0.05, 0) is 45.1 Å². The van der Waals surface area contributed by atoms with Gasteiger partial charge in [-0.1, -0.05) is 83.8 Å². The van der Waals surface area contributed by atoms with Gasteiger partial charge in [0.05, 0.1) is 0 Å². The Morgan fingerprint density at radius 3 is 1.64 bits per heavy atom. The molecule has 0 aliphatic heterocycles. The summed E-state index contributed by atoms with van der Waals surface area (Å²) in [6.45, 7) is 7.79. The van der Waals surface area contributed by atoms with E-state index in [2.05, 4.69) is 37.9 Å². The van der Waals surface area contributed by atoms with Crippen LogP contribution < -0.4 is 5.32 Å². The summed E-state index contributed by atoms with van der Waals surface area (Å²) < 4.78 is 0. The zero-order valence-corrected chi connectivity index (χ0v) is 15.5. The Bertz CT molecular complexity index is 210. The molecule has 0 saturated heterocycles. The van der Waals surface area contributed by atoms with Gasteiger partial charge in [-0.2, -0.15) is 0 Å². The Hall–Kier alpha value is -0.300. The molecule has 0 aromatic carbocycles. The predicted octanol–water partition coefficient (Wildman–Crippen LogP) is 7.19. The van der Waals surface area contributed by atoms with E-state index < -0.39 is 0 Å². The van der Waals surface area contributed by atoms with E-state index in [0.717, 1.165) is 13.0 Å². The monoisotopic (exact) mass is 308 g/mol. The Morgan fingerprint density at radius 1 is 0.591 bits per heavy atom. The Kier molecular flexibility index (Phi) is 20.4. The largest absolute Gasteiger partial charge is 0.312 e. The third-order valence-corrected chi connectivity index (χ3v) is 4.18. The van der Waals surface area contributed by atoms with Crippen LogP contribution in [0.5, 0.6) is 0 Å². The number of rotatable bonds is 18. The van der Waals surface area contributed by atoms with Crippen molar-refractivity contribution in [2.24, 2.45) is 0 Å². The quantitative estimate of drug-likeness (QED) is 0.209. The van der Waals surface area contributed by atoms with Gasteiger partial charge in [0.25, 0.3) is 0 Å². The van der Waals surface area contributed by atoms with Crippen molar-refractivity contribution < 1.29 is 0 Å². The zero-order valence-electron chi connectivity index (χ0n) is 15.5. The summed E-state index contributed by atoms with van der Waals surface area (Å²) in [5, 5.41) is 3.35. The van der Waals surface area contributed by atoms with Crippen LogP contribution in [0.2, 0.25) is 0 Å². The third-order valence-electron chi connectivity index (χ3n) is 4.18. The molecular weight excluding hydrogens is 266 g/mol. The van der Waals surface area contributed by atoms with Gasteiger partial charge < -0.3 is 5.32 Å². The van der Waals surface area contributed by atoms with Crippen molar-refractivity contribution in [1.29, 1.82) is 0 Å². The lowest BCUT2D eigenvalue weighted by Gasteiger charge is -2.02. The lowest BCUT2D eigenvalue weighted by Crippen LogP contribution is -2.10. The molecule has 1 N–H and O–H groups in total. The van der Waals surface area contributed by atoms with E-state index in [1.807, 2.05) is 0 Å². The molecule has 1 radical (unpaired) electrons. The fourth-order valence-corrected chi connectivity index (χ4v) is 2.72. The summed E-state index contributed by atoms with van der Waals surface area (Å²) in [6, 6.07) is 0. The molecule has 0 amide bonds. The molecule has 0 heterocycles. The molecule has 0 aromatic heterocycles. The topological polar surface area (TPSA) is 12.0 Å². The van der Waals surface area contributed by atoms with Crippen LogP contribution in [0.1, 0.15) is 110 Å². The van der Waals surface area contributed by atoms with Crippen molar-refractivity contribution in [3.63, 3.8) is 0 Å². The standard InChI is InChI=1S/C21H42N/c1-3-5-6-7-8-9-10-11-12-13-14-15-16-17-18-19-21-22-20-4-2/h11-12,20,22H,3-10,13-19,21H2,1-2H3/b12-11-. The molecule has 0 aromatic rings. The van der Waals surface area contributed by atoms with Gasteiger partial charge in [0.1, 0.15) is 0 Å². The first-order valence-electron chi connectivity index (χ1n) is 10.1. The molecule has 0 atom stereocenters. The number of allylic oxidation sites excluding steroid dienone is 2. The van der Waals surface area contributed by atoms with E-state index in [4.69, 9.17) is 0 Å². The molecule has 0 saturated carbocycles. The van der Waals surface area contributed by atoms with Crippen molar-refractivity contribution in [3.8, 4) is 0 Å². The minimum atomic E-state index is 1.13. The van der Waals surface area contributed by atoms with Crippen molar-refractivity contribution in [1.82, 2.24) is 5.32 Å². The van der Waals surface area contributed by atoms with E-state index in [9.17, 15) is 0 Å². The Morgan fingerprint density at radius 2 is 1.09 bits per heavy atom. The summed E-state index contributed by atoms with van der Waals surface area (Å²) in [4.78, 5) is 0. The van der Waals surface area contributed by atoms with Gasteiger partial charge >= 0.3 is 0 Å². The SMILES string of the molecule is CC[CH]NCCCCCCCC/C=C\CCCCCCCC. The summed E-state index contributed by atoms with van der Waals surface area (Å²) in [7, 11) is 0. The normalized spacial score (nSPS) is 11.5. The lowest BCUT2D eigenvalue weighted by molar-refractivity contribution is 0.580. The number of nitrogens with one attached hydrogen (secondary N) is 1. The van der Waals surface area contributed by atoms with Crippen LogP contribution in [0.15, 0.2) is 12.2 Å². The van der Waals surface area contributed by atoms with Gasteiger partial charge in [-0.25, -0.2) is 0 Å². The molecule has 0 rings (SSSR count). The molecule has 0 aliphatic carbocycles. The van der Waals surface area contributed by atoms with Crippen LogP contribution in [0, 0.1) is 6.54 Å². The fourth-order valence-electron chi connectivity index (χ4n) is 2.72. The molecule has 0 fully saturated rings. The van der Waals surface area contributed by atoms with Gasteiger partial charge in [-0.3, -0.25) is 0 Å². The van der Waals surface area contributed by atoms with Crippen molar-refractivity contribution in [2.45, 2.75) is 110 Å². The first kappa shape index (κ1) is 21.7. The van der Waals surface area contributed by atoms with Crippen LogP contribution in [0.3, 0.4) is 0 Å². The molecular formula is C21H42N. The zero-order chi connectivity index (χ0) is 16.1. The Balaban J connectivity index is 3.02. The molecule has 1 heteroatoms. The summed E-state index contributed by atoms with van der Waals surface area (Å²) >= 11 is 0. The number of unbranched alkanes of at least 4 members (excludes halogenated alkanes) is 12. The number of hydrogen-bond acceptors (Lipinski definition) is 1. The second kappa shape index (κ2) is 20.7. The van der Waals surface area contributed by atoms with Crippen molar-refractivity contribution in [2.75, 3.05) is 6.54 Å². The summed E-state index contributed by atoms with van der Waals surface area (Å²) in [6.07, 6.45) is 25.4. The predicted molar refractivity (Wildman–Crippen MR) is 102 cm³/mol. The number of hydrogen-bond donors (Lipinski definition) is 1. The maximum atomic E-state index is 3.35. The smallest absolute Gasteiger partial charge is 0.0218 e. The highest BCUT2D eigenvalue weighted by Crippen LogP contribution is 2.09. The van der Waals surface area contributed by atoms with Gasteiger partial charge in [-0.15, -0.1) is 0 Å². The van der Waals surface area contributed by atoms with Crippen LogP contribution in [0.25, 0.3) is 0 Å². The lowest BCUT2D eigenvalue weighted by atomic mass is 10.1. The van der Waals surface area contributed by atoms with Gasteiger partial charge in [0.2, 0.25) is 0 Å². The van der Waals surface area contributed by atoms with E-state index >= 15 is 0 Å².